The highest BCUT2D eigenvalue weighted by Crippen LogP contribution is 2.36. The highest BCUT2D eigenvalue weighted by Gasteiger charge is 2.62. The molecule has 0 bridgehead atoms. The third-order valence-corrected chi connectivity index (χ3v) is 23.2. The highest BCUT2D eigenvalue weighted by molar-refractivity contribution is 6.84. The van der Waals surface area contributed by atoms with Crippen LogP contribution in [0, 0.1) is 0 Å². The van der Waals surface area contributed by atoms with E-state index < -0.39 is 35.2 Å². The molecule has 2 unspecified atom stereocenters. The van der Waals surface area contributed by atoms with Crippen LogP contribution in [0.25, 0.3) is 0 Å². The van der Waals surface area contributed by atoms with Crippen molar-refractivity contribution in [3.05, 3.63) is 0 Å². The van der Waals surface area contributed by atoms with Gasteiger partial charge in [-0.15, -0.1) is 0 Å². The van der Waals surface area contributed by atoms with E-state index in [1.165, 1.54) is 0 Å². The second-order valence-corrected chi connectivity index (χ2v) is 24.9. The molecule has 0 N–H and O–H groups in total. The summed E-state index contributed by atoms with van der Waals surface area (Å²) in [7, 11) is 2.80. The zero-order chi connectivity index (χ0) is 37.4. The number of hydrogen-bond acceptors (Lipinski definition) is 13. The fourth-order valence-corrected chi connectivity index (χ4v) is 22.7. The molecule has 13 nitrogen and oxygen atoms in total. The summed E-state index contributed by atoms with van der Waals surface area (Å²) in [4.78, 5) is 8.69. The van der Waals surface area contributed by atoms with Crippen LogP contribution in [0.4, 0.5) is 0 Å². The first-order chi connectivity index (χ1) is 23.2. The molecule has 17 heteroatoms. The van der Waals surface area contributed by atoms with Crippen LogP contribution < -0.4 is 0 Å². The minimum atomic E-state index is -3.62. The van der Waals surface area contributed by atoms with Crippen molar-refractivity contribution in [3.8, 4) is 0 Å². The Kier molecular flexibility index (Phi) is 27.2. The molecule has 0 amide bonds. The summed E-state index contributed by atoms with van der Waals surface area (Å²) in [5, 5.41) is 0. The molecule has 0 radical (unpaired) electrons. The molecular weight excluding hydrogens is 697 g/mol. The van der Waals surface area contributed by atoms with E-state index in [0.717, 1.165) is 51.9 Å². The minimum Gasteiger partial charge on any atom is -0.375 e. The van der Waals surface area contributed by atoms with Gasteiger partial charge in [-0.05, 0) is 150 Å². The molecule has 0 saturated carbocycles. The summed E-state index contributed by atoms with van der Waals surface area (Å²) in [5.74, 6) is 0. The van der Waals surface area contributed by atoms with Gasteiger partial charge >= 0.3 is 35.2 Å². The molecule has 2 atom stereocenters. The van der Waals surface area contributed by atoms with Gasteiger partial charge in [0, 0.05) is 63.8 Å². The van der Waals surface area contributed by atoms with Crippen molar-refractivity contribution < 1.29 is 38.9 Å². The summed E-state index contributed by atoms with van der Waals surface area (Å²) >= 11 is 0. The molecular formula is C32H78N4O9Si4. The van der Waals surface area contributed by atoms with Crippen LogP contribution in [0.5, 0.6) is 0 Å². The number of nitrogens with zero attached hydrogens (tertiary/aromatic N) is 4. The van der Waals surface area contributed by atoms with Gasteiger partial charge in [-0.2, -0.15) is 0 Å². The van der Waals surface area contributed by atoms with Gasteiger partial charge in [0.05, 0.1) is 0 Å². The highest BCUT2D eigenvalue weighted by atomic mass is 28.5. The first-order valence-electron chi connectivity index (χ1n) is 18.7. The maximum atomic E-state index is 7.50. The molecule has 0 fully saturated rings. The number of hydrogen-bond donors (Lipinski definition) is 0. The van der Waals surface area contributed by atoms with E-state index in [9.17, 15) is 0 Å². The molecule has 296 valence electrons. The second-order valence-electron chi connectivity index (χ2n) is 13.3. The van der Waals surface area contributed by atoms with E-state index >= 15 is 0 Å². The number of rotatable bonds is 34. The van der Waals surface area contributed by atoms with Gasteiger partial charge < -0.3 is 58.5 Å². The molecule has 0 aromatic rings. The summed E-state index contributed by atoms with van der Waals surface area (Å²) in [6, 6.07) is 2.44. The van der Waals surface area contributed by atoms with Crippen molar-refractivity contribution >= 4 is 35.2 Å². The van der Waals surface area contributed by atoms with E-state index in [1.807, 2.05) is 41.5 Å². The predicted octanol–water partition coefficient (Wildman–Crippen LogP) is 4.82. The molecule has 0 spiro atoms. The average Bonchev–Trinajstić information content (AvgIpc) is 2.97. The molecule has 0 aromatic heterocycles. The second kappa shape index (κ2) is 27.0. The molecule has 0 heterocycles. The van der Waals surface area contributed by atoms with Crippen LogP contribution in [-0.4, -0.2) is 177 Å². The van der Waals surface area contributed by atoms with E-state index in [0.29, 0.717) is 63.8 Å². The van der Waals surface area contributed by atoms with E-state index in [2.05, 4.69) is 76.0 Å². The SMILES string of the molecule is CCO[Si](CCCN(C)C)(OCC)O[Si](CCCN(C)C)(OCC)O[Si](CCCN(C)C)(OCC)O[Si](CCCN(C)C)(OCC)OCC. The summed E-state index contributed by atoms with van der Waals surface area (Å²) in [6.45, 7) is 18.1. The topological polar surface area (TPSA) is 96.0 Å². The largest absolute Gasteiger partial charge is 0.493 e. The minimum absolute atomic E-state index is 0.408. The van der Waals surface area contributed by atoms with Crippen LogP contribution in [0.2, 0.25) is 24.2 Å². The van der Waals surface area contributed by atoms with Crippen molar-refractivity contribution in [1.82, 2.24) is 19.6 Å². The molecule has 0 aromatic carbocycles. The standard InChI is InChI=1S/C32H78N4O9Si4/c1-15-37-46(38-16-2,29-21-25-33(7)8)43-48(41-19-5,31-23-27-35(11)12)45-49(42-20-6,32-24-28-36(13)14)44-47(39-17-3,40-18-4)30-22-26-34(9)10/h15-32H2,1-14H3. The Morgan fingerprint density at radius 1 is 0.306 bits per heavy atom. The molecule has 0 rings (SSSR count). The lowest BCUT2D eigenvalue weighted by atomic mass is 10.5. The zero-order valence-corrected chi connectivity index (χ0v) is 38.2. The summed E-state index contributed by atoms with van der Waals surface area (Å²) in [6.07, 6.45) is 3.32. The molecule has 0 saturated heterocycles. The maximum absolute atomic E-state index is 7.50. The molecule has 49 heavy (non-hydrogen) atoms. The van der Waals surface area contributed by atoms with E-state index in [1.54, 1.807) is 0 Å². The third-order valence-electron chi connectivity index (χ3n) is 7.47. The van der Waals surface area contributed by atoms with Gasteiger partial charge in [-0.3, -0.25) is 0 Å². The first-order valence-corrected chi connectivity index (χ1v) is 26.4. The van der Waals surface area contributed by atoms with Crippen molar-refractivity contribution in [2.75, 3.05) is 122 Å². The summed E-state index contributed by atoms with van der Waals surface area (Å²) in [5.41, 5.74) is 0. The van der Waals surface area contributed by atoms with Gasteiger partial charge in [0.2, 0.25) is 0 Å². The zero-order valence-electron chi connectivity index (χ0n) is 34.2. The van der Waals surface area contributed by atoms with E-state index in [-0.39, 0.29) is 0 Å². The lowest BCUT2D eigenvalue weighted by Gasteiger charge is -2.45. The van der Waals surface area contributed by atoms with Crippen molar-refractivity contribution in [2.45, 2.75) is 91.4 Å². The normalized spacial score (nSPS) is 15.6. The summed E-state index contributed by atoms with van der Waals surface area (Å²) < 4.78 is 61.9. The van der Waals surface area contributed by atoms with Gasteiger partial charge in [-0.1, -0.05) is 0 Å². The van der Waals surface area contributed by atoms with E-state index in [4.69, 9.17) is 38.9 Å². The van der Waals surface area contributed by atoms with Gasteiger partial charge in [0.15, 0.2) is 0 Å². The van der Waals surface area contributed by atoms with Crippen molar-refractivity contribution in [2.24, 2.45) is 0 Å². The maximum Gasteiger partial charge on any atom is 0.493 e. The van der Waals surface area contributed by atoms with Crippen molar-refractivity contribution in [3.63, 3.8) is 0 Å². The first kappa shape index (κ1) is 49.3. The predicted molar refractivity (Wildman–Crippen MR) is 208 cm³/mol. The van der Waals surface area contributed by atoms with Gasteiger partial charge in [0.25, 0.3) is 0 Å². The van der Waals surface area contributed by atoms with Crippen LogP contribution in [0.3, 0.4) is 0 Å². The Bertz CT molecular complexity index is 738. The lowest BCUT2D eigenvalue weighted by molar-refractivity contribution is 0.0334. The quantitative estimate of drug-likeness (QED) is 0.0838. The molecule has 0 aliphatic rings. The fourth-order valence-electron chi connectivity index (χ4n) is 5.58. The smallest absolute Gasteiger partial charge is 0.375 e. The van der Waals surface area contributed by atoms with Crippen LogP contribution in [-0.2, 0) is 38.9 Å². The van der Waals surface area contributed by atoms with Gasteiger partial charge in [-0.25, -0.2) is 0 Å². The van der Waals surface area contributed by atoms with Crippen LogP contribution in [0.1, 0.15) is 67.2 Å². The monoisotopic (exact) mass is 774 g/mol. The van der Waals surface area contributed by atoms with Crippen LogP contribution >= 0.6 is 0 Å². The Labute approximate surface area is 306 Å². The van der Waals surface area contributed by atoms with Gasteiger partial charge in [0.1, 0.15) is 0 Å². The van der Waals surface area contributed by atoms with Crippen molar-refractivity contribution in [1.29, 1.82) is 0 Å². The molecule has 0 aliphatic carbocycles. The van der Waals surface area contributed by atoms with Crippen LogP contribution in [0.15, 0.2) is 0 Å². The molecule has 0 aliphatic heterocycles. The Hall–Kier alpha value is 0.348. The Balaban J connectivity index is 7.43. The fraction of sp³-hybridized carbons (Fsp3) is 1.00. The third kappa shape index (κ3) is 21.0. The Morgan fingerprint density at radius 3 is 0.694 bits per heavy atom. The Morgan fingerprint density at radius 2 is 0.490 bits per heavy atom. The lowest BCUT2D eigenvalue weighted by Crippen LogP contribution is -2.67. The average molecular weight is 775 g/mol.